The van der Waals surface area contributed by atoms with Crippen LogP contribution < -0.4 is 10.6 Å². The monoisotopic (exact) mass is 270 g/mol. The molecule has 4 heteroatoms. The zero-order chi connectivity index (χ0) is 12.8. The Bertz CT molecular complexity index is 393. The summed E-state index contributed by atoms with van der Waals surface area (Å²) < 4.78 is 0. The Morgan fingerprint density at radius 1 is 1.47 bits per heavy atom. The van der Waals surface area contributed by atoms with Crippen molar-refractivity contribution in [2.45, 2.75) is 39.7 Å². The van der Waals surface area contributed by atoms with E-state index in [1.54, 1.807) is 0 Å². The van der Waals surface area contributed by atoms with Gasteiger partial charge in [-0.25, -0.2) is 0 Å². The molecule has 0 saturated carbocycles. The summed E-state index contributed by atoms with van der Waals surface area (Å²) in [6.07, 6.45) is 2.25. The average molecular weight is 271 g/mol. The highest BCUT2D eigenvalue weighted by atomic mass is 35.5. The molecule has 1 rings (SSSR count). The molecule has 0 saturated heterocycles. The number of aryl methyl sites for hydroxylation is 1. The Kier molecular flexibility index (Phi) is 5.72. The van der Waals surface area contributed by atoms with Crippen molar-refractivity contribution in [3.63, 3.8) is 0 Å². The predicted molar refractivity (Wildman–Crippen MR) is 79.9 cm³/mol. The lowest BCUT2D eigenvalue weighted by atomic mass is 10.2. The molecule has 1 atom stereocenters. The zero-order valence-electron chi connectivity index (χ0n) is 10.5. The molecule has 0 aliphatic heterocycles. The summed E-state index contributed by atoms with van der Waals surface area (Å²) in [4.78, 5) is 0. The molecule has 1 aromatic rings. The first kappa shape index (κ1) is 14.3. The number of anilines is 1. The molecule has 0 spiro atoms. The van der Waals surface area contributed by atoms with Gasteiger partial charge in [-0.2, -0.15) is 0 Å². The second kappa shape index (κ2) is 6.82. The van der Waals surface area contributed by atoms with E-state index in [0.717, 1.165) is 29.1 Å². The summed E-state index contributed by atoms with van der Waals surface area (Å²) >= 11 is 11.3. The quantitative estimate of drug-likeness (QED) is 0.805. The smallest absolute Gasteiger partial charge is 0.170 e. The van der Waals surface area contributed by atoms with Gasteiger partial charge in [0.25, 0.3) is 0 Å². The maximum absolute atomic E-state index is 6.05. The van der Waals surface area contributed by atoms with Crippen LogP contribution in [0.15, 0.2) is 18.2 Å². The maximum Gasteiger partial charge on any atom is 0.170 e. The summed E-state index contributed by atoms with van der Waals surface area (Å²) in [5, 5.41) is 7.77. The van der Waals surface area contributed by atoms with Crippen LogP contribution in [-0.4, -0.2) is 11.2 Å². The first-order chi connectivity index (χ1) is 8.02. The van der Waals surface area contributed by atoms with Gasteiger partial charge in [0.15, 0.2) is 5.11 Å². The SMILES string of the molecule is CCC[C@@H](C)NC(=S)Nc1ccc(C)c(Cl)c1. The molecule has 2 nitrogen and oxygen atoms in total. The minimum absolute atomic E-state index is 0.390. The highest BCUT2D eigenvalue weighted by molar-refractivity contribution is 7.80. The summed E-state index contributed by atoms with van der Waals surface area (Å²) in [7, 11) is 0. The number of hydrogen-bond donors (Lipinski definition) is 2. The standard InChI is InChI=1S/C13H19ClN2S/c1-4-5-10(3)15-13(17)16-11-7-6-9(2)12(14)8-11/h6-8,10H,4-5H2,1-3H3,(H2,15,16,17)/t10-/m1/s1. The Morgan fingerprint density at radius 3 is 2.76 bits per heavy atom. The van der Waals surface area contributed by atoms with E-state index < -0.39 is 0 Å². The lowest BCUT2D eigenvalue weighted by molar-refractivity contribution is 0.599. The van der Waals surface area contributed by atoms with Gasteiger partial charge >= 0.3 is 0 Å². The van der Waals surface area contributed by atoms with Gasteiger partial charge in [0, 0.05) is 16.8 Å². The van der Waals surface area contributed by atoms with Crippen LogP contribution in [0.1, 0.15) is 32.3 Å². The molecule has 0 aromatic heterocycles. The third-order valence-electron chi connectivity index (χ3n) is 2.53. The van der Waals surface area contributed by atoms with Crippen LogP contribution in [0.25, 0.3) is 0 Å². The van der Waals surface area contributed by atoms with E-state index >= 15 is 0 Å². The Morgan fingerprint density at radius 2 is 2.18 bits per heavy atom. The van der Waals surface area contributed by atoms with Crippen molar-refractivity contribution < 1.29 is 0 Å². The fourth-order valence-corrected chi connectivity index (χ4v) is 2.07. The van der Waals surface area contributed by atoms with Crippen LogP contribution in [0.3, 0.4) is 0 Å². The fourth-order valence-electron chi connectivity index (χ4n) is 1.57. The lowest BCUT2D eigenvalue weighted by Crippen LogP contribution is -2.35. The lowest BCUT2D eigenvalue weighted by Gasteiger charge is -2.16. The molecule has 17 heavy (non-hydrogen) atoms. The van der Waals surface area contributed by atoms with E-state index in [1.807, 2.05) is 25.1 Å². The summed E-state index contributed by atoms with van der Waals surface area (Å²) in [5.41, 5.74) is 1.98. The molecule has 0 aliphatic rings. The number of halogens is 1. The van der Waals surface area contributed by atoms with E-state index in [0.29, 0.717) is 11.2 Å². The Balaban J connectivity index is 2.53. The van der Waals surface area contributed by atoms with Crippen LogP contribution in [-0.2, 0) is 0 Å². The summed E-state index contributed by atoms with van der Waals surface area (Å²) in [6, 6.07) is 6.22. The number of hydrogen-bond acceptors (Lipinski definition) is 1. The van der Waals surface area contributed by atoms with Gasteiger partial charge in [0.05, 0.1) is 0 Å². The van der Waals surface area contributed by atoms with Crippen molar-refractivity contribution in [1.29, 1.82) is 0 Å². The van der Waals surface area contributed by atoms with Crippen molar-refractivity contribution in [2.24, 2.45) is 0 Å². The van der Waals surface area contributed by atoms with E-state index in [9.17, 15) is 0 Å². The molecule has 0 radical (unpaired) electrons. The van der Waals surface area contributed by atoms with Crippen molar-refractivity contribution in [2.75, 3.05) is 5.32 Å². The summed E-state index contributed by atoms with van der Waals surface area (Å²) in [6.45, 7) is 6.26. The van der Waals surface area contributed by atoms with Crippen LogP contribution in [0.4, 0.5) is 5.69 Å². The summed E-state index contributed by atoms with van der Waals surface area (Å²) in [5.74, 6) is 0. The molecule has 0 bridgehead atoms. The van der Waals surface area contributed by atoms with Crippen molar-refractivity contribution in [3.05, 3.63) is 28.8 Å². The second-order valence-electron chi connectivity index (χ2n) is 4.25. The molecule has 0 aliphatic carbocycles. The molecule has 0 heterocycles. The molecule has 2 N–H and O–H groups in total. The largest absolute Gasteiger partial charge is 0.360 e. The molecule has 0 unspecified atom stereocenters. The van der Waals surface area contributed by atoms with Crippen LogP contribution in [0.2, 0.25) is 5.02 Å². The van der Waals surface area contributed by atoms with E-state index in [4.69, 9.17) is 23.8 Å². The predicted octanol–water partition coefficient (Wildman–Crippen LogP) is 4.12. The normalized spacial score (nSPS) is 12.0. The fraction of sp³-hybridized carbons (Fsp3) is 0.462. The minimum Gasteiger partial charge on any atom is -0.360 e. The van der Waals surface area contributed by atoms with Crippen LogP contribution in [0.5, 0.6) is 0 Å². The van der Waals surface area contributed by atoms with Gasteiger partial charge < -0.3 is 10.6 Å². The number of benzene rings is 1. The number of thiocarbonyl (C=S) groups is 1. The minimum atomic E-state index is 0.390. The van der Waals surface area contributed by atoms with Crippen LogP contribution in [0, 0.1) is 6.92 Å². The maximum atomic E-state index is 6.05. The molecule has 0 amide bonds. The molecular weight excluding hydrogens is 252 g/mol. The Labute approximate surface area is 114 Å². The van der Waals surface area contributed by atoms with Gasteiger partial charge in [-0.3, -0.25) is 0 Å². The van der Waals surface area contributed by atoms with Crippen molar-refractivity contribution in [1.82, 2.24) is 5.32 Å². The number of nitrogens with one attached hydrogen (secondary N) is 2. The van der Waals surface area contributed by atoms with Gasteiger partial charge in [-0.1, -0.05) is 31.0 Å². The molecule has 1 aromatic carbocycles. The molecular formula is C13H19ClN2S. The number of rotatable bonds is 4. The third-order valence-corrected chi connectivity index (χ3v) is 3.16. The van der Waals surface area contributed by atoms with E-state index in [2.05, 4.69) is 24.5 Å². The van der Waals surface area contributed by atoms with E-state index in [-0.39, 0.29) is 0 Å². The Hall–Kier alpha value is -0.800. The van der Waals surface area contributed by atoms with Gasteiger partial charge in [0.1, 0.15) is 0 Å². The zero-order valence-corrected chi connectivity index (χ0v) is 12.1. The van der Waals surface area contributed by atoms with Crippen LogP contribution >= 0.6 is 23.8 Å². The van der Waals surface area contributed by atoms with E-state index in [1.165, 1.54) is 0 Å². The highest BCUT2D eigenvalue weighted by Gasteiger charge is 2.04. The van der Waals surface area contributed by atoms with Crippen molar-refractivity contribution in [3.8, 4) is 0 Å². The first-order valence-electron chi connectivity index (χ1n) is 5.86. The molecule has 94 valence electrons. The highest BCUT2D eigenvalue weighted by Crippen LogP contribution is 2.19. The van der Waals surface area contributed by atoms with Gasteiger partial charge in [0.2, 0.25) is 0 Å². The first-order valence-corrected chi connectivity index (χ1v) is 6.65. The molecule has 0 fully saturated rings. The average Bonchev–Trinajstić information content (AvgIpc) is 2.23. The third kappa shape index (κ3) is 4.92. The topological polar surface area (TPSA) is 24.1 Å². The van der Waals surface area contributed by atoms with Gasteiger partial charge in [-0.15, -0.1) is 0 Å². The van der Waals surface area contributed by atoms with Gasteiger partial charge in [-0.05, 0) is 50.2 Å². The van der Waals surface area contributed by atoms with Crippen molar-refractivity contribution >= 4 is 34.6 Å². The second-order valence-corrected chi connectivity index (χ2v) is 5.07.